The number of nitrogens with two attached hydrogens (primary N) is 1. The molecule has 0 aromatic carbocycles. The maximum atomic E-state index is 5.61. The zero-order valence-electron chi connectivity index (χ0n) is 10.5. The van der Waals surface area contributed by atoms with Crippen molar-refractivity contribution in [2.45, 2.75) is 46.1 Å². The Labute approximate surface area is 98.4 Å². The van der Waals surface area contributed by atoms with Crippen LogP contribution in [0.5, 0.6) is 0 Å². The summed E-state index contributed by atoms with van der Waals surface area (Å²) in [5.41, 5.74) is 5.15. The fourth-order valence-corrected chi connectivity index (χ4v) is 2.04. The molecule has 2 atom stereocenters. The van der Waals surface area contributed by atoms with Crippen LogP contribution in [0.2, 0.25) is 0 Å². The van der Waals surface area contributed by atoms with Gasteiger partial charge in [0.25, 0.3) is 0 Å². The van der Waals surface area contributed by atoms with E-state index >= 15 is 0 Å². The van der Waals surface area contributed by atoms with Crippen LogP contribution < -0.4 is 11.3 Å². The molecule has 2 unspecified atom stereocenters. The van der Waals surface area contributed by atoms with Gasteiger partial charge >= 0.3 is 0 Å². The highest BCUT2D eigenvalue weighted by Gasteiger charge is 2.14. The third-order valence-corrected chi connectivity index (χ3v) is 2.91. The van der Waals surface area contributed by atoms with Crippen LogP contribution in [0.1, 0.15) is 50.4 Å². The lowest BCUT2D eigenvalue weighted by Crippen LogP contribution is -2.30. The quantitative estimate of drug-likeness (QED) is 0.573. The maximum absolute atomic E-state index is 5.61. The van der Waals surface area contributed by atoms with E-state index in [9.17, 15) is 0 Å². The molecular formula is C13H23N3. The predicted octanol–water partition coefficient (Wildman–Crippen LogP) is 2.72. The molecule has 90 valence electrons. The fraction of sp³-hybridized carbons (Fsp3) is 0.615. The van der Waals surface area contributed by atoms with Crippen molar-refractivity contribution in [3.05, 3.63) is 29.6 Å². The van der Waals surface area contributed by atoms with E-state index in [4.69, 9.17) is 5.84 Å². The number of aryl methyl sites for hydroxylation is 1. The lowest BCUT2D eigenvalue weighted by atomic mass is 9.95. The van der Waals surface area contributed by atoms with Crippen LogP contribution in [0.25, 0.3) is 0 Å². The molecule has 0 spiro atoms. The molecule has 0 aliphatic carbocycles. The molecule has 0 fully saturated rings. The number of hydrazine groups is 1. The van der Waals surface area contributed by atoms with Crippen LogP contribution in [0, 0.1) is 12.8 Å². The van der Waals surface area contributed by atoms with Gasteiger partial charge in [0, 0.05) is 6.20 Å². The molecule has 1 heterocycles. The summed E-state index contributed by atoms with van der Waals surface area (Å²) in [4.78, 5) is 4.38. The Morgan fingerprint density at radius 3 is 2.81 bits per heavy atom. The van der Waals surface area contributed by atoms with Crippen molar-refractivity contribution in [2.24, 2.45) is 11.8 Å². The van der Waals surface area contributed by atoms with Crippen molar-refractivity contribution in [3.8, 4) is 0 Å². The molecule has 0 aliphatic heterocycles. The summed E-state index contributed by atoms with van der Waals surface area (Å²) >= 11 is 0. The fourth-order valence-electron chi connectivity index (χ4n) is 2.04. The van der Waals surface area contributed by atoms with Gasteiger partial charge in [-0.2, -0.15) is 0 Å². The monoisotopic (exact) mass is 221 g/mol. The number of nitrogens with zero attached hydrogens (tertiary/aromatic N) is 1. The SMILES string of the molecule is CCCC(C)CC(NN)c1cc(C)ccn1. The van der Waals surface area contributed by atoms with E-state index in [-0.39, 0.29) is 6.04 Å². The first kappa shape index (κ1) is 13.1. The van der Waals surface area contributed by atoms with E-state index in [0.717, 1.165) is 12.1 Å². The number of nitrogens with one attached hydrogen (secondary N) is 1. The first-order valence-electron chi connectivity index (χ1n) is 6.06. The summed E-state index contributed by atoms with van der Waals surface area (Å²) in [6, 6.07) is 4.27. The average Bonchev–Trinajstić information content (AvgIpc) is 2.26. The van der Waals surface area contributed by atoms with Crippen LogP contribution in [0.4, 0.5) is 0 Å². The van der Waals surface area contributed by atoms with Gasteiger partial charge in [0.15, 0.2) is 0 Å². The van der Waals surface area contributed by atoms with Crippen LogP contribution in [-0.2, 0) is 0 Å². The minimum absolute atomic E-state index is 0.168. The van der Waals surface area contributed by atoms with Crippen LogP contribution >= 0.6 is 0 Å². The molecule has 0 aliphatic rings. The molecule has 0 amide bonds. The topological polar surface area (TPSA) is 50.9 Å². The Kier molecular flexibility index (Phi) is 5.43. The lowest BCUT2D eigenvalue weighted by molar-refractivity contribution is 0.389. The number of aromatic nitrogens is 1. The number of rotatable bonds is 6. The molecule has 3 heteroatoms. The van der Waals surface area contributed by atoms with E-state index in [1.807, 2.05) is 12.3 Å². The Balaban J connectivity index is 2.67. The van der Waals surface area contributed by atoms with Crippen molar-refractivity contribution < 1.29 is 0 Å². The van der Waals surface area contributed by atoms with E-state index in [1.54, 1.807) is 0 Å². The van der Waals surface area contributed by atoms with Gasteiger partial charge in [0.2, 0.25) is 0 Å². The Morgan fingerprint density at radius 1 is 1.50 bits per heavy atom. The molecule has 1 aromatic rings. The van der Waals surface area contributed by atoms with Crippen LogP contribution in [-0.4, -0.2) is 4.98 Å². The number of hydrogen-bond donors (Lipinski definition) is 2. The first-order chi connectivity index (χ1) is 7.67. The summed E-state index contributed by atoms with van der Waals surface area (Å²) in [5, 5.41) is 0. The molecule has 0 bridgehead atoms. The lowest BCUT2D eigenvalue weighted by Gasteiger charge is -2.19. The number of hydrogen-bond acceptors (Lipinski definition) is 3. The highest BCUT2D eigenvalue weighted by molar-refractivity contribution is 5.17. The smallest absolute Gasteiger partial charge is 0.0634 e. The van der Waals surface area contributed by atoms with Gasteiger partial charge in [0.1, 0.15) is 0 Å². The highest BCUT2D eigenvalue weighted by atomic mass is 15.2. The first-order valence-corrected chi connectivity index (χ1v) is 6.06. The van der Waals surface area contributed by atoms with Crippen molar-refractivity contribution in [1.29, 1.82) is 0 Å². The minimum atomic E-state index is 0.168. The van der Waals surface area contributed by atoms with Gasteiger partial charge in [-0.1, -0.05) is 26.7 Å². The van der Waals surface area contributed by atoms with Crippen molar-refractivity contribution in [2.75, 3.05) is 0 Å². The molecular weight excluding hydrogens is 198 g/mol. The molecule has 3 N–H and O–H groups in total. The van der Waals surface area contributed by atoms with Gasteiger partial charge in [-0.3, -0.25) is 16.3 Å². The van der Waals surface area contributed by atoms with Crippen LogP contribution in [0.15, 0.2) is 18.3 Å². The van der Waals surface area contributed by atoms with Crippen LogP contribution in [0.3, 0.4) is 0 Å². The van der Waals surface area contributed by atoms with Gasteiger partial charge in [-0.05, 0) is 37.0 Å². The van der Waals surface area contributed by atoms with E-state index in [1.165, 1.54) is 18.4 Å². The molecule has 0 saturated carbocycles. The summed E-state index contributed by atoms with van der Waals surface area (Å²) in [6.45, 7) is 6.56. The van der Waals surface area contributed by atoms with E-state index in [0.29, 0.717) is 5.92 Å². The Hall–Kier alpha value is -0.930. The Morgan fingerprint density at radius 2 is 2.25 bits per heavy atom. The molecule has 1 aromatic heterocycles. The van der Waals surface area contributed by atoms with Gasteiger partial charge in [-0.25, -0.2) is 0 Å². The largest absolute Gasteiger partial charge is 0.271 e. The second-order valence-corrected chi connectivity index (χ2v) is 4.61. The molecule has 0 radical (unpaired) electrons. The summed E-state index contributed by atoms with van der Waals surface area (Å²) in [7, 11) is 0. The molecule has 0 saturated heterocycles. The van der Waals surface area contributed by atoms with E-state index in [2.05, 4.69) is 37.2 Å². The molecule has 3 nitrogen and oxygen atoms in total. The van der Waals surface area contributed by atoms with Gasteiger partial charge in [-0.15, -0.1) is 0 Å². The Bertz CT molecular complexity index is 312. The number of pyridine rings is 1. The third kappa shape index (κ3) is 3.91. The molecule has 16 heavy (non-hydrogen) atoms. The summed E-state index contributed by atoms with van der Waals surface area (Å²) < 4.78 is 0. The van der Waals surface area contributed by atoms with Gasteiger partial charge < -0.3 is 0 Å². The predicted molar refractivity (Wildman–Crippen MR) is 67.7 cm³/mol. The third-order valence-electron chi connectivity index (χ3n) is 2.91. The standard InChI is InChI=1S/C13H23N3/c1-4-5-10(2)9-13(16-14)12-8-11(3)6-7-15-12/h6-8,10,13,16H,4-5,9,14H2,1-3H3. The second-order valence-electron chi connectivity index (χ2n) is 4.61. The second kappa shape index (κ2) is 6.61. The highest BCUT2D eigenvalue weighted by Crippen LogP contribution is 2.22. The van der Waals surface area contributed by atoms with Crippen molar-refractivity contribution in [1.82, 2.24) is 10.4 Å². The van der Waals surface area contributed by atoms with Crippen molar-refractivity contribution >= 4 is 0 Å². The zero-order chi connectivity index (χ0) is 12.0. The minimum Gasteiger partial charge on any atom is -0.271 e. The summed E-state index contributed by atoms with van der Waals surface area (Å²) in [6.07, 6.45) is 5.35. The normalized spacial score (nSPS) is 14.8. The van der Waals surface area contributed by atoms with Gasteiger partial charge in [0.05, 0.1) is 11.7 Å². The average molecular weight is 221 g/mol. The zero-order valence-corrected chi connectivity index (χ0v) is 10.5. The molecule has 1 rings (SSSR count). The maximum Gasteiger partial charge on any atom is 0.0634 e. The van der Waals surface area contributed by atoms with Crippen molar-refractivity contribution in [3.63, 3.8) is 0 Å². The summed E-state index contributed by atoms with van der Waals surface area (Å²) in [5.74, 6) is 6.28. The van der Waals surface area contributed by atoms with E-state index < -0.39 is 0 Å².